The number of non-ortho nitro benzene ring substituents is 1. The monoisotopic (exact) mass is 373 g/mol. The summed E-state index contributed by atoms with van der Waals surface area (Å²) in [6.07, 6.45) is 0. The first-order chi connectivity index (χ1) is 13.5. The van der Waals surface area contributed by atoms with Gasteiger partial charge in [-0.2, -0.15) is 5.26 Å². The van der Waals surface area contributed by atoms with E-state index in [9.17, 15) is 15.4 Å². The average Bonchev–Trinajstić information content (AvgIpc) is 3.08. The third kappa shape index (κ3) is 2.66. The molecule has 1 atom stereocenters. The third-order valence-corrected chi connectivity index (χ3v) is 4.57. The standard InChI is InChI=1S/C20H15N5O3/c1-12-23-18-17(13-6-5-9-15(10-13)25(26)27)16(11-21)19(22)24(20(18)28-12)14-7-3-2-4-8-14/h2-10,17H,22H2,1H3. The summed E-state index contributed by atoms with van der Waals surface area (Å²) in [5.74, 6) is 0.358. The predicted octanol–water partition coefficient (Wildman–Crippen LogP) is 3.87. The molecule has 0 radical (unpaired) electrons. The van der Waals surface area contributed by atoms with Crippen LogP contribution in [-0.2, 0) is 0 Å². The summed E-state index contributed by atoms with van der Waals surface area (Å²) in [7, 11) is 0. The van der Waals surface area contributed by atoms with Crippen molar-refractivity contribution in [2.45, 2.75) is 12.8 Å². The molecule has 0 bridgehead atoms. The van der Waals surface area contributed by atoms with Crippen molar-refractivity contribution in [3.05, 3.63) is 93.3 Å². The highest BCUT2D eigenvalue weighted by atomic mass is 16.6. The minimum absolute atomic E-state index is 0.0689. The Bertz CT molecular complexity index is 1140. The minimum Gasteiger partial charge on any atom is -0.424 e. The van der Waals surface area contributed by atoms with Gasteiger partial charge in [0, 0.05) is 19.1 Å². The van der Waals surface area contributed by atoms with Gasteiger partial charge in [-0.25, -0.2) is 4.98 Å². The number of nitro benzene ring substituents is 1. The van der Waals surface area contributed by atoms with Gasteiger partial charge in [0.2, 0.25) is 5.88 Å². The highest BCUT2D eigenvalue weighted by molar-refractivity contribution is 5.73. The number of para-hydroxylation sites is 1. The molecule has 1 aliphatic rings. The van der Waals surface area contributed by atoms with Gasteiger partial charge in [0.05, 0.1) is 28.2 Å². The number of nitriles is 1. The van der Waals surface area contributed by atoms with Crippen LogP contribution < -0.4 is 10.6 Å². The number of anilines is 2. The van der Waals surface area contributed by atoms with Crippen LogP contribution in [0.15, 0.2) is 70.4 Å². The number of nitrogens with two attached hydrogens (primary N) is 1. The molecular weight excluding hydrogens is 358 g/mol. The topological polar surface area (TPSA) is 122 Å². The zero-order chi connectivity index (χ0) is 19.8. The Morgan fingerprint density at radius 1 is 1.25 bits per heavy atom. The molecule has 2 heterocycles. The number of nitro groups is 1. The maximum atomic E-state index is 11.2. The molecule has 2 N–H and O–H groups in total. The number of allylic oxidation sites excluding steroid dienone is 1. The SMILES string of the molecule is Cc1nc2c(o1)N(c1ccccc1)C(N)=C(C#N)C2c1cccc([N+](=O)[O-])c1. The smallest absolute Gasteiger partial charge is 0.269 e. The quantitative estimate of drug-likeness (QED) is 0.546. The Balaban J connectivity index is 1.96. The number of aromatic nitrogens is 1. The van der Waals surface area contributed by atoms with Gasteiger partial charge in [0.15, 0.2) is 5.89 Å². The van der Waals surface area contributed by atoms with Gasteiger partial charge in [0.25, 0.3) is 5.69 Å². The normalized spacial score (nSPS) is 15.9. The lowest BCUT2D eigenvalue weighted by Gasteiger charge is -2.31. The second kappa shape index (κ2) is 6.55. The third-order valence-electron chi connectivity index (χ3n) is 4.57. The number of oxazole rings is 1. The molecular formula is C20H15N5O3. The van der Waals surface area contributed by atoms with E-state index in [4.69, 9.17) is 10.2 Å². The van der Waals surface area contributed by atoms with Crippen molar-refractivity contribution in [2.24, 2.45) is 5.73 Å². The van der Waals surface area contributed by atoms with Crippen LogP contribution in [0.2, 0.25) is 0 Å². The van der Waals surface area contributed by atoms with Gasteiger partial charge in [-0.05, 0) is 17.7 Å². The Labute approximate surface area is 160 Å². The van der Waals surface area contributed by atoms with E-state index in [1.54, 1.807) is 24.0 Å². The molecule has 0 amide bonds. The van der Waals surface area contributed by atoms with Crippen LogP contribution in [0.25, 0.3) is 0 Å². The van der Waals surface area contributed by atoms with Crippen molar-refractivity contribution in [1.29, 1.82) is 5.26 Å². The Kier molecular flexibility index (Phi) is 4.05. The first kappa shape index (κ1) is 17.3. The molecule has 8 heteroatoms. The first-order valence-corrected chi connectivity index (χ1v) is 8.48. The van der Waals surface area contributed by atoms with Crippen molar-refractivity contribution in [3.8, 4) is 6.07 Å². The zero-order valence-electron chi connectivity index (χ0n) is 14.9. The summed E-state index contributed by atoms with van der Waals surface area (Å²) in [6, 6.07) is 17.6. The van der Waals surface area contributed by atoms with Crippen molar-refractivity contribution in [1.82, 2.24) is 4.98 Å². The van der Waals surface area contributed by atoms with E-state index in [1.165, 1.54) is 12.1 Å². The lowest BCUT2D eigenvalue weighted by Crippen LogP contribution is -2.31. The van der Waals surface area contributed by atoms with Crippen molar-refractivity contribution < 1.29 is 9.34 Å². The molecule has 0 fully saturated rings. The molecule has 4 rings (SSSR count). The summed E-state index contributed by atoms with van der Waals surface area (Å²) in [5.41, 5.74) is 8.33. The first-order valence-electron chi connectivity index (χ1n) is 8.48. The Hall–Kier alpha value is -4.12. The molecule has 1 aromatic heterocycles. The highest BCUT2D eigenvalue weighted by Gasteiger charge is 2.38. The van der Waals surface area contributed by atoms with Crippen LogP contribution in [0, 0.1) is 28.4 Å². The fourth-order valence-corrected chi connectivity index (χ4v) is 3.39. The van der Waals surface area contributed by atoms with Crippen molar-refractivity contribution in [3.63, 3.8) is 0 Å². The second-order valence-electron chi connectivity index (χ2n) is 6.29. The van der Waals surface area contributed by atoms with Crippen molar-refractivity contribution >= 4 is 17.3 Å². The zero-order valence-corrected chi connectivity index (χ0v) is 14.9. The lowest BCUT2D eigenvalue weighted by molar-refractivity contribution is -0.384. The summed E-state index contributed by atoms with van der Waals surface area (Å²) >= 11 is 0. The lowest BCUT2D eigenvalue weighted by atomic mass is 9.86. The number of nitrogens with zero attached hydrogens (tertiary/aromatic N) is 4. The molecule has 8 nitrogen and oxygen atoms in total. The van der Waals surface area contributed by atoms with Crippen LogP contribution in [0.3, 0.4) is 0 Å². The summed E-state index contributed by atoms with van der Waals surface area (Å²) < 4.78 is 5.82. The predicted molar refractivity (Wildman–Crippen MR) is 102 cm³/mol. The number of aryl methyl sites for hydroxylation is 1. The van der Waals surface area contributed by atoms with E-state index in [1.807, 2.05) is 30.3 Å². The second-order valence-corrected chi connectivity index (χ2v) is 6.29. The van der Waals surface area contributed by atoms with E-state index in [0.29, 0.717) is 23.0 Å². The maximum absolute atomic E-state index is 11.2. The van der Waals surface area contributed by atoms with E-state index in [2.05, 4.69) is 11.1 Å². The maximum Gasteiger partial charge on any atom is 0.269 e. The average molecular weight is 373 g/mol. The van der Waals surface area contributed by atoms with Crippen LogP contribution in [0.4, 0.5) is 17.3 Å². The number of benzene rings is 2. The van der Waals surface area contributed by atoms with Gasteiger partial charge in [-0.15, -0.1) is 0 Å². The van der Waals surface area contributed by atoms with Crippen LogP contribution in [0.5, 0.6) is 0 Å². The molecule has 138 valence electrons. The Morgan fingerprint density at radius 3 is 2.68 bits per heavy atom. The van der Waals surface area contributed by atoms with Gasteiger partial charge in [0.1, 0.15) is 11.5 Å². The van der Waals surface area contributed by atoms with Gasteiger partial charge in [-0.3, -0.25) is 15.0 Å². The van der Waals surface area contributed by atoms with Gasteiger partial charge >= 0.3 is 0 Å². The number of hydrogen-bond donors (Lipinski definition) is 1. The summed E-state index contributed by atoms with van der Waals surface area (Å²) in [4.78, 5) is 16.8. The fraction of sp³-hybridized carbons (Fsp3) is 0.100. The molecule has 1 aliphatic heterocycles. The van der Waals surface area contributed by atoms with E-state index >= 15 is 0 Å². The van der Waals surface area contributed by atoms with Crippen molar-refractivity contribution in [2.75, 3.05) is 4.90 Å². The molecule has 2 aromatic carbocycles. The number of fused-ring (bicyclic) bond motifs is 1. The highest BCUT2D eigenvalue weighted by Crippen LogP contribution is 2.46. The molecule has 3 aromatic rings. The van der Waals surface area contributed by atoms with Gasteiger partial charge in [-0.1, -0.05) is 30.3 Å². The number of hydrogen-bond acceptors (Lipinski definition) is 7. The molecule has 0 spiro atoms. The van der Waals surface area contributed by atoms with Crippen LogP contribution in [-0.4, -0.2) is 9.91 Å². The summed E-state index contributed by atoms with van der Waals surface area (Å²) in [5, 5.41) is 21.1. The largest absolute Gasteiger partial charge is 0.424 e. The molecule has 0 saturated heterocycles. The molecule has 1 unspecified atom stereocenters. The van der Waals surface area contributed by atoms with E-state index in [-0.39, 0.29) is 17.1 Å². The van der Waals surface area contributed by atoms with Crippen LogP contribution in [0.1, 0.15) is 23.1 Å². The number of rotatable bonds is 3. The Morgan fingerprint density at radius 2 is 2.00 bits per heavy atom. The van der Waals surface area contributed by atoms with Crippen LogP contribution >= 0.6 is 0 Å². The molecule has 0 saturated carbocycles. The fourth-order valence-electron chi connectivity index (χ4n) is 3.39. The van der Waals surface area contributed by atoms with E-state index in [0.717, 1.165) is 5.69 Å². The molecule has 28 heavy (non-hydrogen) atoms. The minimum atomic E-state index is -0.655. The molecule has 0 aliphatic carbocycles. The van der Waals surface area contributed by atoms with Gasteiger partial charge < -0.3 is 10.2 Å². The van der Waals surface area contributed by atoms with E-state index < -0.39 is 10.8 Å². The summed E-state index contributed by atoms with van der Waals surface area (Å²) in [6.45, 7) is 1.70.